The molecule has 0 radical (unpaired) electrons. The molecule has 1 heterocycles. The molecule has 0 saturated heterocycles. The fraction of sp³-hybridized carbons (Fsp3) is 0.167. The first-order chi connectivity index (χ1) is 5.82. The summed E-state index contributed by atoms with van der Waals surface area (Å²) in [6.45, 7) is 0. The van der Waals surface area contributed by atoms with Crippen LogP contribution in [0.25, 0.3) is 0 Å². The van der Waals surface area contributed by atoms with E-state index in [0.29, 0.717) is 0 Å². The topological polar surface area (TPSA) is 38.9 Å². The molecule has 7 heteroatoms. The second-order valence-electron chi connectivity index (χ2n) is 2.19. The number of nitrogens with two attached hydrogens (primary N) is 1. The van der Waals surface area contributed by atoms with Crippen LogP contribution < -0.4 is 5.73 Å². The molecule has 2 N–H and O–H groups in total. The Balaban J connectivity index is 3.37. The maximum Gasteiger partial charge on any atom is 0.434 e. The number of pyridine rings is 1. The molecule has 0 fully saturated rings. The van der Waals surface area contributed by atoms with E-state index in [4.69, 9.17) is 17.3 Å². The van der Waals surface area contributed by atoms with Crippen molar-refractivity contribution in [3.05, 3.63) is 20.4 Å². The highest BCUT2D eigenvalue weighted by Gasteiger charge is 2.36. The number of aromatic nitrogens is 1. The van der Waals surface area contributed by atoms with Crippen molar-refractivity contribution in [1.29, 1.82) is 0 Å². The number of hydrogen-bond acceptors (Lipinski definition) is 2. The Bertz CT molecular complexity index is 339. The van der Waals surface area contributed by atoms with Crippen LogP contribution in [-0.4, -0.2) is 4.98 Å². The molecule has 72 valence electrons. The molecule has 0 spiro atoms. The van der Waals surface area contributed by atoms with Gasteiger partial charge in [-0.2, -0.15) is 13.2 Å². The largest absolute Gasteiger partial charge is 0.434 e. The Morgan fingerprint density at radius 3 is 2.46 bits per heavy atom. The maximum atomic E-state index is 12.2. The predicted molar refractivity (Wildman–Crippen MR) is 51.4 cm³/mol. The van der Waals surface area contributed by atoms with Crippen molar-refractivity contribution in [2.75, 3.05) is 5.73 Å². The molecule has 1 aromatic rings. The smallest absolute Gasteiger partial charge is 0.384 e. The van der Waals surface area contributed by atoms with Gasteiger partial charge >= 0.3 is 6.18 Å². The molecule has 1 rings (SSSR count). The van der Waals surface area contributed by atoms with Crippen LogP contribution >= 0.6 is 34.2 Å². The summed E-state index contributed by atoms with van der Waals surface area (Å²) < 4.78 is 36.8. The molecule has 13 heavy (non-hydrogen) atoms. The number of nitrogen functional groups attached to an aromatic ring is 1. The van der Waals surface area contributed by atoms with Gasteiger partial charge < -0.3 is 5.73 Å². The summed E-state index contributed by atoms with van der Waals surface area (Å²) in [5, 5.41) is -0.415. The summed E-state index contributed by atoms with van der Waals surface area (Å²) in [6.07, 6.45) is -4.56. The lowest BCUT2D eigenvalue weighted by Gasteiger charge is -2.09. The highest BCUT2D eigenvalue weighted by Crippen LogP contribution is 2.35. The van der Waals surface area contributed by atoms with Crippen LogP contribution in [0, 0.1) is 3.57 Å². The first-order valence-corrected chi connectivity index (χ1v) is 4.46. The first-order valence-electron chi connectivity index (χ1n) is 3.01. The zero-order valence-electron chi connectivity index (χ0n) is 5.99. The van der Waals surface area contributed by atoms with E-state index in [0.717, 1.165) is 0 Å². The summed E-state index contributed by atoms with van der Waals surface area (Å²) in [6, 6.07) is 1.28. The Morgan fingerprint density at radius 2 is 2.00 bits per heavy atom. The Labute approximate surface area is 90.4 Å². The van der Waals surface area contributed by atoms with Gasteiger partial charge in [-0.15, -0.1) is 0 Å². The zero-order valence-corrected chi connectivity index (χ0v) is 8.91. The molecule has 0 aliphatic rings. The van der Waals surface area contributed by atoms with E-state index in [1.807, 2.05) is 0 Å². The van der Waals surface area contributed by atoms with Gasteiger partial charge in [0.25, 0.3) is 0 Å². The SMILES string of the molecule is Nc1cc(I)c(Cl)c(C(F)(F)F)n1. The second-order valence-corrected chi connectivity index (χ2v) is 3.73. The lowest BCUT2D eigenvalue weighted by atomic mass is 10.3. The van der Waals surface area contributed by atoms with Gasteiger partial charge in [0.15, 0.2) is 5.69 Å². The van der Waals surface area contributed by atoms with Gasteiger partial charge in [0, 0.05) is 3.57 Å². The van der Waals surface area contributed by atoms with Crippen molar-refractivity contribution in [2.24, 2.45) is 0 Å². The van der Waals surface area contributed by atoms with Crippen molar-refractivity contribution in [2.45, 2.75) is 6.18 Å². The summed E-state index contributed by atoms with van der Waals surface area (Å²) >= 11 is 7.07. The highest BCUT2D eigenvalue weighted by atomic mass is 127. The van der Waals surface area contributed by atoms with Gasteiger partial charge in [-0.1, -0.05) is 11.6 Å². The van der Waals surface area contributed by atoms with Gasteiger partial charge in [-0.25, -0.2) is 4.98 Å². The van der Waals surface area contributed by atoms with Crippen molar-refractivity contribution in [3.8, 4) is 0 Å². The molecule has 0 aromatic carbocycles. The van der Waals surface area contributed by atoms with Gasteiger partial charge in [0.05, 0.1) is 5.02 Å². The number of halogens is 5. The summed E-state index contributed by atoms with van der Waals surface area (Å²) in [5.41, 5.74) is 4.01. The van der Waals surface area contributed by atoms with Crippen LogP contribution in [0.3, 0.4) is 0 Å². The van der Waals surface area contributed by atoms with E-state index in [-0.39, 0.29) is 9.39 Å². The van der Waals surface area contributed by atoms with Gasteiger partial charge in [-0.05, 0) is 28.7 Å². The number of hydrogen-bond donors (Lipinski definition) is 1. The molecule has 0 amide bonds. The van der Waals surface area contributed by atoms with E-state index in [1.54, 1.807) is 22.6 Å². The highest BCUT2D eigenvalue weighted by molar-refractivity contribution is 14.1. The van der Waals surface area contributed by atoms with E-state index >= 15 is 0 Å². The molecule has 0 bridgehead atoms. The van der Waals surface area contributed by atoms with E-state index in [2.05, 4.69) is 4.98 Å². The van der Waals surface area contributed by atoms with Crippen molar-refractivity contribution in [1.82, 2.24) is 4.98 Å². The molecule has 0 aliphatic carbocycles. The Morgan fingerprint density at radius 1 is 1.46 bits per heavy atom. The zero-order chi connectivity index (χ0) is 10.2. The number of nitrogens with zero attached hydrogens (tertiary/aromatic N) is 1. The quantitative estimate of drug-likeness (QED) is 0.746. The minimum atomic E-state index is -4.56. The molecule has 0 unspecified atom stereocenters. The lowest BCUT2D eigenvalue weighted by Crippen LogP contribution is -2.11. The van der Waals surface area contributed by atoms with Crippen LogP contribution in [0.4, 0.5) is 19.0 Å². The van der Waals surface area contributed by atoms with Crippen molar-refractivity contribution in [3.63, 3.8) is 0 Å². The lowest BCUT2D eigenvalue weighted by molar-refractivity contribution is -0.141. The van der Waals surface area contributed by atoms with Crippen LogP contribution in [0.2, 0.25) is 5.02 Å². The molecule has 1 aromatic heterocycles. The molecular formula is C6H3ClF3IN2. The van der Waals surface area contributed by atoms with Crippen LogP contribution in [0.1, 0.15) is 5.69 Å². The average Bonchev–Trinajstić information content (AvgIpc) is 1.94. The van der Waals surface area contributed by atoms with E-state index < -0.39 is 16.9 Å². The number of rotatable bonds is 0. The molecule has 0 saturated carbocycles. The van der Waals surface area contributed by atoms with E-state index in [9.17, 15) is 13.2 Å². The molecule has 2 nitrogen and oxygen atoms in total. The summed E-state index contributed by atoms with van der Waals surface area (Å²) in [5.74, 6) is -0.193. The van der Waals surface area contributed by atoms with Crippen LogP contribution in [0.15, 0.2) is 6.07 Å². The van der Waals surface area contributed by atoms with Crippen LogP contribution in [0.5, 0.6) is 0 Å². The number of anilines is 1. The summed E-state index contributed by atoms with van der Waals surface area (Å²) in [4.78, 5) is 3.12. The Hall–Kier alpha value is -0.240. The van der Waals surface area contributed by atoms with Crippen molar-refractivity contribution >= 4 is 40.0 Å². The van der Waals surface area contributed by atoms with Gasteiger partial charge in [0.1, 0.15) is 5.82 Å². The number of alkyl halides is 3. The summed E-state index contributed by atoms with van der Waals surface area (Å²) in [7, 11) is 0. The molecular weight excluding hydrogens is 319 g/mol. The fourth-order valence-corrected chi connectivity index (χ4v) is 1.48. The minimum Gasteiger partial charge on any atom is -0.384 e. The minimum absolute atomic E-state index is 0.193. The second kappa shape index (κ2) is 3.49. The first kappa shape index (κ1) is 10.8. The third-order valence-corrected chi connectivity index (χ3v) is 2.75. The Kier molecular flexibility index (Phi) is 2.91. The van der Waals surface area contributed by atoms with Crippen LogP contribution in [-0.2, 0) is 6.18 Å². The van der Waals surface area contributed by atoms with Gasteiger partial charge in [-0.3, -0.25) is 0 Å². The third kappa shape index (κ3) is 2.37. The fourth-order valence-electron chi connectivity index (χ4n) is 0.705. The van der Waals surface area contributed by atoms with Crippen molar-refractivity contribution < 1.29 is 13.2 Å². The standard InChI is InChI=1S/C6H3ClF3IN2/c7-4-2(11)1-3(12)13-5(4)6(8,9)10/h1H,(H2,12,13). The third-order valence-electron chi connectivity index (χ3n) is 1.20. The van der Waals surface area contributed by atoms with E-state index in [1.165, 1.54) is 6.07 Å². The maximum absolute atomic E-state index is 12.2. The average molecular weight is 322 g/mol. The molecule has 0 atom stereocenters. The molecule has 0 aliphatic heterocycles. The monoisotopic (exact) mass is 322 g/mol. The normalized spacial score (nSPS) is 11.8. The van der Waals surface area contributed by atoms with Gasteiger partial charge in [0.2, 0.25) is 0 Å². The predicted octanol–water partition coefficient (Wildman–Crippen LogP) is 2.94.